The summed E-state index contributed by atoms with van der Waals surface area (Å²) in [6, 6.07) is 4.66. The van der Waals surface area contributed by atoms with Gasteiger partial charge in [-0.15, -0.1) is 0 Å². The van der Waals surface area contributed by atoms with Gasteiger partial charge in [0, 0.05) is 13.0 Å². The minimum absolute atomic E-state index is 0.312. The van der Waals surface area contributed by atoms with Crippen molar-refractivity contribution in [2.75, 3.05) is 20.2 Å². The van der Waals surface area contributed by atoms with E-state index in [0.29, 0.717) is 29.4 Å². The number of oxazole rings is 1. The molecule has 0 saturated heterocycles. The summed E-state index contributed by atoms with van der Waals surface area (Å²) in [6.45, 7) is 3.71. The van der Waals surface area contributed by atoms with E-state index in [2.05, 4.69) is 10.3 Å². The number of rotatable bonds is 6. The Hall–Kier alpha value is -1.88. The van der Waals surface area contributed by atoms with Crippen LogP contribution in [0, 0.1) is 5.82 Å². The Balaban J connectivity index is 2.23. The Bertz CT molecular complexity index is 540. The maximum Gasteiger partial charge on any atom is 0.196 e. The molecule has 0 radical (unpaired) electrons. The number of hydrogen-bond acceptors (Lipinski definition) is 4. The summed E-state index contributed by atoms with van der Waals surface area (Å²) < 4.78 is 24.6. The molecule has 0 saturated carbocycles. The van der Waals surface area contributed by atoms with Gasteiger partial charge in [-0.1, -0.05) is 13.0 Å². The maximum atomic E-state index is 13.9. The zero-order valence-electron chi connectivity index (χ0n) is 11.1. The fourth-order valence-electron chi connectivity index (χ4n) is 1.83. The molecule has 4 nitrogen and oxygen atoms in total. The van der Waals surface area contributed by atoms with Crippen molar-refractivity contribution < 1.29 is 13.5 Å². The van der Waals surface area contributed by atoms with Crippen LogP contribution in [0.2, 0.25) is 0 Å². The highest BCUT2D eigenvalue weighted by atomic mass is 19.1. The lowest BCUT2D eigenvalue weighted by Crippen LogP contribution is -2.16. The quantitative estimate of drug-likeness (QED) is 0.815. The van der Waals surface area contributed by atoms with Crippen LogP contribution in [0.5, 0.6) is 5.75 Å². The van der Waals surface area contributed by atoms with Crippen LogP contribution in [0.25, 0.3) is 11.3 Å². The van der Waals surface area contributed by atoms with Crippen molar-refractivity contribution in [2.24, 2.45) is 0 Å². The Labute approximate surface area is 111 Å². The first-order chi connectivity index (χ1) is 9.26. The average molecular weight is 264 g/mol. The number of methoxy groups -OCH3 is 1. The summed E-state index contributed by atoms with van der Waals surface area (Å²) in [6.07, 6.45) is 2.20. The Morgan fingerprint density at radius 1 is 1.42 bits per heavy atom. The van der Waals surface area contributed by atoms with Gasteiger partial charge in [0.2, 0.25) is 0 Å². The number of ether oxygens (including phenoxy) is 1. The third-order valence-electron chi connectivity index (χ3n) is 2.76. The van der Waals surface area contributed by atoms with Gasteiger partial charge in [0.05, 0.1) is 18.9 Å². The molecule has 2 rings (SSSR count). The van der Waals surface area contributed by atoms with E-state index in [-0.39, 0.29) is 5.82 Å². The largest absolute Gasteiger partial charge is 0.496 e. The van der Waals surface area contributed by atoms with Crippen molar-refractivity contribution >= 4 is 0 Å². The van der Waals surface area contributed by atoms with Crippen molar-refractivity contribution in [1.82, 2.24) is 10.3 Å². The molecule has 0 bridgehead atoms. The molecule has 0 aliphatic carbocycles. The molecule has 1 heterocycles. The SMILES string of the molecule is CCNCCc1ncc(-c2c(F)cccc2OC)o1. The standard InChI is InChI=1S/C14H17FN2O2/c1-3-16-8-7-13-17-9-12(19-13)14-10(15)5-4-6-11(14)18-2/h4-6,9,16H,3,7-8H2,1-2H3. The number of halogens is 1. The predicted octanol–water partition coefficient (Wildman–Crippen LogP) is 2.64. The highest BCUT2D eigenvalue weighted by Gasteiger charge is 2.16. The van der Waals surface area contributed by atoms with Crippen molar-refractivity contribution in [1.29, 1.82) is 0 Å². The van der Waals surface area contributed by atoms with E-state index in [9.17, 15) is 4.39 Å². The number of nitrogens with zero attached hydrogens (tertiary/aromatic N) is 1. The monoisotopic (exact) mass is 264 g/mol. The Kier molecular flexibility index (Phi) is 4.52. The molecule has 0 amide bonds. The van der Waals surface area contributed by atoms with Gasteiger partial charge in [0.25, 0.3) is 0 Å². The molecule has 1 N–H and O–H groups in total. The second kappa shape index (κ2) is 6.33. The van der Waals surface area contributed by atoms with Crippen LogP contribution >= 0.6 is 0 Å². The van der Waals surface area contributed by atoms with Crippen LogP contribution in [0.15, 0.2) is 28.8 Å². The molecule has 0 aliphatic rings. The van der Waals surface area contributed by atoms with Crippen LogP contribution in [-0.4, -0.2) is 25.2 Å². The molecule has 0 unspecified atom stereocenters. The highest BCUT2D eigenvalue weighted by Crippen LogP contribution is 2.32. The molecular formula is C14H17FN2O2. The lowest BCUT2D eigenvalue weighted by molar-refractivity contribution is 0.410. The first kappa shape index (κ1) is 13.5. The summed E-state index contributed by atoms with van der Waals surface area (Å²) in [5.41, 5.74) is 0.312. The van der Waals surface area contributed by atoms with Gasteiger partial charge in [0.15, 0.2) is 11.7 Å². The maximum absolute atomic E-state index is 13.9. The molecule has 0 atom stereocenters. The molecule has 1 aromatic carbocycles. The zero-order valence-corrected chi connectivity index (χ0v) is 11.1. The molecule has 5 heteroatoms. The molecule has 1 aromatic heterocycles. The average Bonchev–Trinajstić information content (AvgIpc) is 2.87. The minimum atomic E-state index is -0.381. The van der Waals surface area contributed by atoms with E-state index in [0.717, 1.165) is 13.1 Å². The van der Waals surface area contributed by atoms with Gasteiger partial charge in [-0.25, -0.2) is 9.37 Å². The highest BCUT2D eigenvalue weighted by molar-refractivity contribution is 5.65. The van der Waals surface area contributed by atoms with Crippen molar-refractivity contribution in [3.05, 3.63) is 36.1 Å². The molecular weight excluding hydrogens is 247 g/mol. The molecule has 0 fully saturated rings. The second-order valence-corrected chi connectivity index (χ2v) is 4.04. The first-order valence-corrected chi connectivity index (χ1v) is 6.24. The minimum Gasteiger partial charge on any atom is -0.496 e. The Morgan fingerprint density at radius 3 is 3.00 bits per heavy atom. The lowest BCUT2D eigenvalue weighted by Gasteiger charge is -2.06. The topological polar surface area (TPSA) is 47.3 Å². The fourth-order valence-corrected chi connectivity index (χ4v) is 1.83. The first-order valence-electron chi connectivity index (χ1n) is 6.24. The van der Waals surface area contributed by atoms with E-state index in [1.807, 2.05) is 6.92 Å². The van der Waals surface area contributed by atoms with Gasteiger partial charge in [-0.05, 0) is 18.7 Å². The summed E-state index contributed by atoms with van der Waals surface area (Å²) in [4.78, 5) is 4.15. The van der Waals surface area contributed by atoms with Crippen LogP contribution in [0.3, 0.4) is 0 Å². The summed E-state index contributed by atoms with van der Waals surface area (Å²) in [5, 5.41) is 3.18. The number of nitrogens with one attached hydrogen (secondary N) is 1. The number of aromatic nitrogens is 1. The molecule has 0 aliphatic heterocycles. The van der Waals surface area contributed by atoms with Crippen LogP contribution in [0.4, 0.5) is 4.39 Å². The van der Waals surface area contributed by atoms with E-state index in [4.69, 9.17) is 9.15 Å². The number of hydrogen-bond donors (Lipinski definition) is 1. The van der Waals surface area contributed by atoms with E-state index < -0.39 is 0 Å². The molecule has 102 valence electrons. The third kappa shape index (κ3) is 3.12. The number of benzene rings is 1. The van der Waals surface area contributed by atoms with Crippen molar-refractivity contribution in [3.63, 3.8) is 0 Å². The van der Waals surface area contributed by atoms with Crippen molar-refractivity contribution in [3.8, 4) is 17.1 Å². The fraction of sp³-hybridized carbons (Fsp3) is 0.357. The summed E-state index contributed by atoms with van der Waals surface area (Å²) in [5.74, 6) is 1.03. The zero-order chi connectivity index (χ0) is 13.7. The molecule has 2 aromatic rings. The molecule has 19 heavy (non-hydrogen) atoms. The smallest absolute Gasteiger partial charge is 0.196 e. The second-order valence-electron chi connectivity index (χ2n) is 4.04. The summed E-state index contributed by atoms with van der Waals surface area (Å²) in [7, 11) is 1.50. The van der Waals surface area contributed by atoms with E-state index in [1.54, 1.807) is 12.1 Å². The third-order valence-corrected chi connectivity index (χ3v) is 2.76. The van der Waals surface area contributed by atoms with Gasteiger partial charge in [0.1, 0.15) is 11.6 Å². The van der Waals surface area contributed by atoms with Gasteiger partial charge >= 0.3 is 0 Å². The number of likely N-dealkylation sites (N-methyl/N-ethyl adjacent to an activating group) is 1. The Morgan fingerprint density at radius 2 is 2.26 bits per heavy atom. The van der Waals surface area contributed by atoms with Crippen LogP contribution < -0.4 is 10.1 Å². The van der Waals surface area contributed by atoms with E-state index >= 15 is 0 Å². The van der Waals surface area contributed by atoms with Gasteiger partial charge < -0.3 is 14.5 Å². The normalized spacial score (nSPS) is 10.7. The van der Waals surface area contributed by atoms with Crippen LogP contribution in [-0.2, 0) is 6.42 Å². The van der Waals surface area contributed by atoms with E-state index in [1.165, 1.54) is 19.4 Å². The predicted molar refractivity (Wildman–Crippen MR) is 70.7 cm³/mol. The van der Waals surface area contributed by atoms with Gasteiger partial charge in [-0.2, -0.15) is 0 Å². The van der Waals surface area contributed by atoms with Crippen molar-refractivity contribution in [2.45, 2.75) is 13.3 Å². The lowest BCUT2D eigenvalue weighted by atomic mass is 10.1. The summed E-state index contributed by atoms with van der Waals surface area (Å²) >= 11 is 0. The van der Waals surface area contributed by atoms with Crippen LogP contribution in [0.1, 0.15) is 12.8 Å². The van der Waals surface area contributed by atoms with Gasteiger partial charge in [-0.3, -0.25) is 0 Å². The molecule has 0 spiro atoms.